The highest BCUT2D eigenvalue weighted by atomic mass is 15.0. The van der Waals surface area contributed by atoms with Gasteiger partial charge in [0, 0.05) is 32.6 Å². The van der Waals surface area contributed by atoms with Crippen LogP contribution >= 0.6 is 0 Å². The summed E-state index contributed by atoms with van der Waals surface area (Å²) in [5.74, 6) is 0.438. The number of hydrogen-bond acceptors (Lipinski definition) is 1. The zero-order valence-electron chi connectivity index (χ0n) is 30.0. The summed E-state index contributed by atoms with van der Waals surface area (Å²) in [5.41, 5.74) is 20.7. The first-order valence-corrected chi connectivity index (χ1v) is 17.9. The zero-order valence-corrected chi connectivity index (χ0v) is 30.0. The average Bonchev–Trinajstić information content (AvgIpc) is 3.62. The maximum atomic E-state index is 9.31. The molecule has 0 saturated heterocycles. The van der Waals surface area contributed by atoms with E-state index < -0.39 is 0 Å². The molecule has 2 heterocycles. The van der Waals surface area contributed by atoms with Crippen molar-refractivity contribution < 1.29 is 0 Å². The van der Waals surface area contributed by atoms with Crippen molar-refractivity contribution in [1.29, 1.82) is 5.41 Å². The molecule has 0 unspecified atom stereocenters. The molecule has 2 N–H and O–H groups in total. The second kappa shape index (κ2) is 11.6. The van der Waals surface area contributed by atoms with Crippen molar-refractivity contribution in [2.75, 3.05) is 0 Å². The highest BCUT2D eigenvalue weighted by Crippen LogP contribution is 2.43. The normalized spacial score (nSPS) is 12.9. The minimum absolute atomic E-state index is 0.438. The minimum atomic E-state index is 0.438. The van der Waals surface area contributed by atoms with Gasteiger partial charge in [0.1, 0.15) is 5.84 Å². The standard InChI is InChI=1S/C48H41N3/c1-7-27(2)20-48(49)51-46-13-11-33(37-18-30(5)15-31(6)19-37)22-42(46)43-24-35-9-8-34-23-41-40-21-32(36-16-28(3)14-29(4)17-36)10-12-44(40)50-45(41)25-38(34)39(35)26-47(43)51/h7,10-26,49-50H,1,8-9H2,2-6H3/b27-20-,49-48?. The molecule has 0 aliphatic heterocycles. The second-order valence-corrected chi connectivity index (χ2v) is 14.8. The van der Waals surface area contributed by atoms with Crippen molar-refractivity contribution in [2.24, 2.45) is 0 Å². The summed E-state index contributed by atoms with van der Waals surface area (Å²) in [6, 6.07) is 36.6. The first kappa shape index (κ1) is 31.1. The Morgan fingerprint density at radius 2 is 1.12 bits per heavy atom. The highest BCUT2D eigenvalue weighted by Gasteiger charge is 2.23. The number of aromatic nitrogens is 2. The van der Waals surface area contributed by atoms with Crippen molar-refractivity contribution in [3.05, 3.63) is 155 Å². The molecular weight excluding hydrogens is 619 g/mol. The Kier molecular flexibility index (Phi) is 7.05. The Morgan fingerprint density at radius 1 is 0.588 bits per heavy atom. The molecule has 1 aliphatic rings. The largest absolute Gasteiger partial charge is 0.354 e. The number of rotatable bonds is 4. The van der Waals surface area contributed by atoms with Gasteiger partial charge in [0.25, 0.3) is 0 Å². The smallest absolute Gasteiger partial charge is 0.130 e. The Hall–Kier alpha value is -5.93. The van der Waals surface area contributed by atoms with E-state index in [9.17, 15) is 5.41 Å². The van der Waals surface area contributed by atoms with Crippen LogP contribution < -0.4 is 0 Å². The van der Waals surface area contributed by atoms with E-state index >= 15 is 0 Å². The molecule has 9 rings (SSSR count). The number of H-pyrrole nitrogens is 1. The number of allylic oxidation sites excluding steroid dienone is 3. The fraction of sp³-hybridized carbons (Fsp3) is 0.146. The van der Waals surface area contributed by atoms with E-state index in [1.165, 1.54) is 88.3 Å². The van der Waals surface area contributed by atoms with Gasteiger partial charge in [-0.1, -0.05) is 83.4 Å². The number of aryl methyl sites for hydroxylation is 6. The molecule has 6 aromatic carbocycles. The average molecular weight is 660 g/mol. The Bertz CT molecular complexity index is 2790. The SMILES string of the molecule is C=C/C(C)=C\C(=N)n1c2ccc(-c3cc(C)cc(C)c3)cc2c2cc3c(cc21)-c1cc2[nH]c4ccc(-c5cc(C)cc(C)c5)cc4c2cc1CC3. The summed E-state index contributed by atoms with van der Waals surface area (Å²) in [7, 11) is 0. The third-order valence-corrected chi connectivity index (χ3v) is 10.8. The van der Waals surface area contributed by atoms with Gasteiger partial charge in [-0.2, -0.15) is 0 Å². The Morgan fingerprint density at radius 3 is 1.75 bits per heavy atom. The molecule has 2 aromatic heterocycles. The molecule has 0 spiro atoms. The molecule has 248 valence electrons. The molecule has 51 heavy (non-hydrogen) atoms. The van der Waals surface area contributed by atoms with Gasteiger partial charge in [0.05, 0.1) is 11.0 Å². The fourth-order valence-corrected chi connectivity index (χ4v) is 8.53. The summed E-state index contributed by atoms with van der Waals surface area (Å²) in [6.45, 7) is 14.6. The first-order valence-electron chi connectivity index (χ1n) is 17.9. The lowest BCUT2D eigenvalue weighted by atomic mass is 9.84. The van der Waals surface area contributed by atoms with E-state index in [1.807, 2.05) is 19.1 Å². The van der Waals surface area contributed by atoms with Crippen LogP contribution in [0.5, 0.6) is 0 Å². The van der Waals surface area contributed by atoms with Gasteiger partial charge in [0.15, 0.2) is 0 Å². The van der Waals surface area contributed by atoms with Gasteiger partial charge in [-0.25, -0.2) is 0 Å². The molecule has 0 amide bonds. The predicted octanol–water partition coefficient (Wildman–Crippen LogP) is 12.7. The lowest BCUT2D eigenvalue weighted by Gasteiger charge is -2.21. The second-order valence-electron chi connectivity index (χ2n) is 14.8. The molecule has 3 heteroatoms. The van der Waals surface area contributed by atoms with Crippen LogP contribution in [-0.4, -0.2) is 15.4 Å². The van der Waals surface area contributed by atoms with E-state index in [0.29, 0.717) is 5.84 Å². The summed E-state index contributed by atoms with van der Waals surface area (Å²) in [4.78, 5) is 3.75. The lowest BCUT2D eigenvalue weighted by molar-refractivity contribution is 0.946. The van der Waals surface area contributed by atoms with Crippen molar-refractivity contribution >= 4 is 49.4 Å². The first-order chi connectivity index (χ1) is 24.6. The van der Waals surface area contributed by atoms with Crippen LogP contribution in [0.25, 0.3) is 77.0 Å². The summed E-state index contributed by atoms with van der Waals surface area (Å²) in [5, 5.41) is 14.2. The third kappa shape index (κ3) is 5.15. The number of nitrogens with one attached hydrogen (secondary N) is 2. The fourth-order valence-electron chi connectivity index (χ4n) is 8.53. The molecular formula is C48H41N3. The summed E-state index contributed by atoms with van der Waals surface area (Å²) >= 11 is 0. The maximum absolute atomic E-state index is 9.31. The van der Waals surface area contributed by atoms with Crippen LogP contribution in [0.2, 0.25) is 0 Å². The highest BCUT2D eigenvalue weighted by molar-refractivity contribution is 6.18. The topological polar surface area (TPSA) is 44.6 Å². The van der Waals surface area contributed by atoms with Crippen LogP contribution in [-0.2, 0) is 12.8 Å². The van der Waals surface area contributed by atoms with Crippen LogP contribution in [0.1, 0.15) is 40.3 Å². The van der Waals surface area contributed by atoms with Crippen LogP contribution in [0.4, 0.5) is 0 Å². The predicted molar refractivity (Wildman–Crippen MR) is 219 cm³/mol. The molecule has 8 aromatic rings. The maximum Gasteiger partial charge on any atom is 0.130 e. The lowest BCUT2D eigenvalue weighted by Crippen LogP contribution is -2.09. The van der Waals surface area contributed by atoms with Gasteiger partial charge in [-0.3, -0.25) is 9.98 Å². The van der Waals surface area contributed by atoms with E-state index in [1.54, 1.807) is 0 Å². The van der Waals surface area contributed by atoms with Crippen LogP contribution in [0, 0.1) is 33.1 Å². The number of nitrogens with zero attached hydrogens (tertiary/aromatic N) is 1. The Balaban J connectivity index is 1.24. The van der Waals surface area contributed by atoms with Gasteiger partial charge in [-0.05, 0) is 152 Å². The van der Waals surface area contributed by atoms with Crippen LogP contribution in [0.3, 0.4) is 0 Å². The van der Waals surface area contributed by atoms with Gasteiger partial charge in [0.2, 0.25) is 0 Å². The molecule has 0 fully saturated rings. The minimum Gasteiger partial charge on any atom is -0.354 e. The van der Waals surface area contributed by atoms with Gasteiger partial charge < -0.3 is 4.98 Å². The molecule has 0 radical (unpaired) electrons. The molecule has 0 bridgehead atoms. The van der Waals surface area contributed by atoms with Crippen molar-refractivity contribution in [3.63, 3.8) is 0 Å². The van der Waals surface area contributed by atoms with Crippen LogP contribution in [0.15, 0.2) is 121 Å². The van der Waals surface area contributed by atoms with Gasteiger partial charge in [-0.15, -0.1) is 0 Å². The molecule has 0 atom stereocenters. The van der Waals surface area contributed by atoms with Crippen molar-refractivity contribution in [2.45, 2.75) is 47.5 Å². The molecule has 3 nitrogen and oxygen atoms in total. The monoisotopic (exact) mass is 659 g/mol. The van der Waals surface area contributed by atoms with E-state index in [0.717, 1.165) is 40.5 Å². The summed E-state index contributed by atoms with van der Waals surface area (Å²) < 4.78 is 2.12. The quantitative estimate of drug-likeness (QED) is 0.107. The van der Waals surface area contributed by atoms with E-state index in [2.05, 4.69) is 141 Å². The van der Waals surface area contributed by atoms with Gasteiger partial charge >= 0.3 is 0 Å². The number of fused-ring (bicyclic) bond motifs is 9. The number of benzene rings is 6. The van der Waals surface area contributed by atoms with Crippen molar-refractivity contribution in [3.8, 4) is 33.4 Å². The van der Waals surface area contributed by atoms with E-state index in [-0.39, 0.29) is 0 Å². The molecule has 1 aliphatic carbocycles. The summed E-state index contributed by atoms with van der Waals surface area (Å²) in [6.07, 6.45) is 5.71. The Labute approximate surface area is 299 Å². The van der Waals surface area contributed by atoms with Crippen molar-refractivity contribution in [1.82, 2.24) is 9.55 Å². The number of hydrogen-bond donors (Lipinski definition) is 2. The van der Waals surface area contributed by atoms with E-state index in [4.69, 9.17) is 0 Å². The number of aromatic amines is 1. The third-order valence-electron chi connectivity index (χ3n) is 10.8. The zero-order chi connectivity index (χ0) is 35.1. The molecule has 0 saturated carbocycles.